The lowest BCUT2D eigenvalue weighted by Gasteiger charge is -2.11. The topological polar surface area (TPSA) is 71.7 Å². The Morgan fingerprint density at radius 2 is 2.26 bits per heavy atom. The highest BCUT2D eigenvalue weighted by Crippen LogP contribution is 2.19. The Bertz CT molecular complexity index is 423. The second-order valence-electron chi connectivity index (χ2n) is 4.01. The van der Waals surface area contributed by atoms with Gasteiger partial charge in [-0.1, -0.05) is 15.9 Å². The number of nitrogens with one attached hydrogen (secondary N) is 2. The van der Waals surface area contributed by atoms with Gasteiger partial charge < -0.3 is 10.1 Å². The molecule has 1 rings (SSSR count). The molecule has 0 atom stereocenters. The summed E-state index contributed by atoms with van der Waals surface area (Å²) in [5.74, 6) is 6.02. The third kappa shape index (κ3) is 6.04. The normalized spacial score (nSPS) is 11.5. The van der Waals surface area contributed by atoms with Crippen LogP contribution >= 0.6 is 15.9 Å². The lowest BCUT2D eigenvalue weighted by atomic mass is 10.2. The number of aryl methyl sites for hydroxylation is 1. The fourth-order valence-electron chi connectivity index (χ4n) is 1.52. The molecule has 1 aromatic carbocycles. The van der Waals surface area contributed by atoms with Crippen molar-refractivity contribution in [1.82, 2.24) is 5.43 Å². The predicted octanol–water partition coefficient (Wildman–Crippen LogP) is 2.42. The van der Waals surface area contributed by atoms with Gasteiger partial charge in [-0.05, 0) is 44.0 Å². The summed E-state index contributed by atoms with van der Waals surface area (Å²) in [7, 11) is 0. The monoisotopic (exact) mass is 328 g/mol. The molecule has 0 radical (unpaired) electrons. The van der Waals surface area contributed by atoms with E-state index in [4.69, 9.17) is 10.6 Å². The van der Waals surface area contributed by atoms with Gasteiger partial charge in [-0.15, -0.1) is 0 Å². The number of aliphatic imine (C=N–C) groups is 1. The van der Waals surface area contributed by atoms with Gasteiger partial charge in [0.1, 0.15) is 0 Å². The maximum Gasteiger partial charge on any atom is 0.210 e. The van der Waals surface area contributed by atoms with Crippen molar-refractivity contribution in [3.8, 4) is 0 Å². The van der Waals surface area contributed by atoms with Gasteiger partial charge in [-0.25, -0.2) is 5.84 Å². The van der Waals surface area contributed by atoms with Crippen LogP contribution in [0.2, 0.25) is 0 Å². The quantitative estimate of drug-likeness (QED) is 0.246. The summed E-state index contributed by atoms with van der Waals surface area (Å²) in [4.78, 5) is 4.35. The Morgan fingerprint density at radius 3 is 2.89 bits per heavy atom. The predicted molar refractivity (Wildman–Crippen MR) is 83.2 cm³/mol. The average Bonchev–Trinajstić information content (AvgIpc) is 2.39. The van der Waals surface area contributed by atoms with E-state index >= 15 is 0 Å². The Kier molecular flexibility index (Phi) is 7.47. The number of hydrogen-bond acceptors (Lipinski definition) is 3. The minimum absolute atomic E-state index is 0.557. The first kappa shape index (κ1) is 15.9. The van der Waals surface area contributed by atoms with Crippen molar-refractivity contribution in [2.45, 2.75) is 20.3 Å². The largest absolute Gasteiger partial charge is 0.382 e. The molecule has 19 heavy (non-hydrogen) atoms. The average molecular weight is 329 g/mol. The van der Waals surface area contributed by atoms with E-state index < -0.39 is 0 Å². The highest BCUT2D eigenvalue weighted by atomic mass is 79.9. The van der Waals surface area contributed by atoms with E-state index in [0.717, 1.165) is 35.4 Å². The first-order valence-corrected chi connectivity index (χ1v) is 7.08. The zero-order valence-corrected chi connectivity index (χ0v) is 13.0. The second kappa shape index (κ2) is 8.90. The highest BCUT2D eigenvalue weighted by Gasteiger charge is 2.01. The summed E-state index contributed by atoms with van der Waals surface area (Å²) in [6, 6.07) is 5.98. The second-order valence-corrected chi connectivity index (χ2v) is 4.93. The summed E-state index contributed by atoms with van der Waals surface area (Å²) in [5.41, 5.74) is 4.66. The van der Waals surface area contributed by atoms with Gasteiger partial charge in [0.2, 0.25) is 5.96 Å². The molecule has 1 aromatic rings. The molecule has 4 N–H and O–H groups in total. The van der Waals surface area contributed by atoms with E-state index in [-0.39, 0.29) is 0 Å². The van der Waals surface area contributed by atoms with Crippen molar-refractivity contribution in [2.24, 2.45) is 10.8 Å². The van der Waals surface area contributed by atoms with E-state index in [0.29, 0.717) is 12.5 Å². The molecule has 0 bridgehead atoms. The Hall–Kier alpha value is -1.11. The van der Waals surface area contributed by atoms with Gasteiger partial charge in [0.15, 0.2) is 0 Å². The van der Waals surface area contributed by atoms with Crippen LogP contribution < -0.4 is 16.6 Å². The fraction of sp³-hybridized carbons (Fsp3) is 0.462. The molecular formula is C13H21BrN4O. The van der Waals surface area contributed by atoms with E-state index in [1.54, 1.807) is 0 Å². The van der Waals surface area contributed by atoms with Crippen molar-refractivity contribution >= 4 is 27.6 Å². The number of guanidine groups is 1. The van der Waals surface area contributed by atoms with Crippen LogP contribution in [0.3, 0.4) is 0 Å². The zero-order valence-electron chi connectivity index (χ0n) is 11.4. The molecule has 0 spiro atoms. The molecule has 0 unspecified atom stereocenters. The molecule has 0 aliphatic heterocycles. The molecule has 0 aliphatic carbocycles. The van der Waals surface area contributed by atoms with Gasteiger partial charge in [-0.2, -0.15) is 0 Å². The van der Waals surface area contributed by atoms with Crippen molar-refractivity contribution in [3.05, 3.63) is 28.2 Å². The number of ether oxygens (including phenoxy) is 1. The zero-order chi connectivity index (χ0) is 14.1. The molecular weight excluding hydrogens is 308 g/mol. The number of halogens is 1. The van der Waals surface area contributed by atoms with Crippen LogP contribution in [0.5, 0.6) is 0 Å². The van der Waals surface area contributed by atoms with Gasteiger partial charge in [0.05, 0.1) is 0 Å². The molecule has 6 heteroatoms. The molecule has 0 amide bonds. The standard InChI is InChI=1S/C13H21BrN4O/c1-3-19-8-4-7-16-13(18-15)17-12-6-5-11(14)9-10(12)2/h5-6,9H,3-4,7-8,15H2,1-2H3,(H2,16,17,18). The third-order valence-corrected chi connectivity index (χ3v) is 2.99. The van der Waals surface area contributed by atoms with E-state index in [1.807, 2.05) is 32.0 Å². The Labute approximate surface area is 122 Å². The van der Waals surface area contributed by atoms with E-state index in [1.165, 1.54) is 0 Å². The number of anilines is 1. The molecule has 5 nitrogen and oxygen atoms in total. The maximum atomic E-state index is 5.46. The number of hydrazine groups is 1. The van der Waals surface area contributed by atoms with Crippen LogP contribution in [0.4, 0.5) is 5.69 Å². The Morgan fingerprint density at radius 1 is 1.47 bits per heavy atom. The van der Waals surface area contributed by atoms with Crippen LogP contribution in [-0.4, -0.2) is 25.7 Å². The maximum absolute atomic E-state index is 5.46. The lowest BCUT2D eigenvalue weighted by Crippen LogP contribution is -2.36. The Balaban J connectivity index is 2.53. The van der Waals surface area contributed by atoms with Crippen LogP contribution in [0.1, 0.15) is 18.9 Å². The number of benzene rings is 1. The van der Waals surface area contributed by atoms with Crippen molar-refractivity contribution in [2.75, 3.05) is 25.1 Å². The number of nitrogens with two attached hydrogens (primary N) is 1. The van der Waals surface area contributed by atoms with Crippen LogP contribution in [0, 0.1) is 6.92 Å². The molecule has 0 heterocycles. The van der Waals surface area contributed by atoms with Gasteiger partial charge >= 0.3 is 0 Å². The molecule has 106 valence electrons. The fourth-order valence-corrected chi connectivity index (χ4v) is 1.99. The SMILES string of the molecule is CCOCCCN=C(NN)Nc1ccc(Br)cc1C. The lowest BCUT2D eigenvalue weighted by molar-refractivity contribution is 0.146. The van der Waals surface area contributed by atoms with Crippen LogP contribution in [0.15, 0.2) is 27.7 Å². The molecule has 0 aliphatic rings. The summed E-state index contributed by atoms with van der Waals surface area (Å²) < 4.78 is 6.30. The molecule has 0 saturated carbocycles. The molecule has 0 aromatic heterocycles. The molecule has 0 saturated heterocycles. The van der Waals surface area contributed by atoms with Gasteiger partial charge in [-0.3, -0.25) is 10.4 Å². The number of hydrogen-bond donors (Lipinski definition) is 3. The first-order chi connectivity index (χ1) is 9.17. The summed E-state index contributed by atoms with van der Waals surface area (Å²) >= 11 is 3.43. The summed E-state index contributed by atoms with van der Waals surface area (Å²) in [5, 5.41) is 3.17. The highest BCUT2D eigenvalue weighted by molar-refractivity contribution is 9.10. The van der Waals surface area contributed by atoms with Gasteiger partial charge in [0.25, 0.3) is 0 Å². The van der Waals surface area contributed by atoms with Crippen molar-refractivity contribution in [1.29, 1.82) is 0 Å². The van der Waals surface area contributed by atoms with Crippen LogP contribution in [0.25, 0.3) is 0 Å². The van der Waals surface area contributed by atoms with E-state index in [2.05, 4.69) is 31.7 Å². The minimum atomic E-state index is 0.557. The number of nitrogens with zero attached hydrogens (tertiary/aromatic N) is 1. The van der Waals surface area contributed by atoms with Crippen molar-refractivity contribution < 1.29 is 4.74 Å². The summed E-state index contributed by atoms with van der Waals surface area (Å²) in [6.45, 7) is 6.13. The number of rotatable bonds is 6. The van der Waals surface area contributed by atoms with Gasteiger partial charge in [0, 0.05) is 29.9 Å². The minimum Gasteiger partial charge on any atom is -0.382 e. The van der Waals surface area contributed by atoms with Crippen molar-refractivity contribution in [3.63, 3.8) is 0 Å². The summed E-state index contributed by atoms with van der Waals surface area (Å²) in [6.07, 6.45) is 0.875. The van der Waals surface area contributed by atoms with E-state index in [9.17, 15) is 0 Å². The van der Waals surface area contributed by atoms with Crippen LogP contribution in [-0.2, 0) is 4.74 Å². The first-order valence-electron chi connectivity index (χ1n) is 6.29. The molecule has 0 fully saturated rings. The third-order valence-electron chi connectivity index (χ3n) is 2.50. The smallest absolute Gasteiger partial charge is 0.210 e.